The highest BCUT2D eigenvalue weighted by Gasteiger charge is 2.39. The van der Waals surface area contributed by atoms with Crippen molar-refractivity contribution in [3.8, 4) is 0 Å². The molecular formula is C31H52N4O5. The molecule has 40 heavy (non-hydrogen) atoms. The van der Waals surface area contributed by atoms with Crippen molar-refractivity contribution in [3.63, 3.8) is 0 Å². The molecule has 4 N–H and O–H groups in total. The number of nitrogens with two attached hydrogens (primary N) is 1. The highest BCUT2D eigenvalue weighted by molar-refractivity contribution is 5.92. The quantitative estimate of drug-likeness (QED) is 0.258. The summed E-state index contributed by atoms with van der Waals surface area (Å²) >= 11 is 0. The number of unbranched alkanes of at least 4 members (excludes halogenated alkanes) is 1. The van der Waals surface area contributed by atoms with E-state index < -0.39 is 35.6 Å². The SMILES string of the molecule is CCCCNC(=O)C(c1cc(C)cc(C)c1)N(C(=O)C(CCC(N)=O)NC(=O)OC(C)(C)C)C(C)CCC(C)C. The number of amides is 4. The van der Waals surface area contributed by atoms with Crippen molar-refractivity contribution in [3.05, 3.63) is 34.9 Å². The number of ether oxygens (including phenoxy) is 1. The standard InChI is InChI=1S/C31H52N4O5/c1-10-11-16-33-28(37)27(24-18-21(4)17-22(5)19-24)35(23(6)13-12-20(2)3)29(38)25(14-15-26(32)36)34-30(39)40-31(7,8)9/h17-20,23,25,27H,10-16H2,1-9H3,(H2,32,36)(H,33,37)(H,34,39). The molecule has 0 aliphatic rings. The average molecular weight is 561 g/mol. The molecule has 0 saturated carbocycles. The summed E-state index contributed by atoms with van der Waals surface area (Å²) in [5.41, 5.74) is 7.28. The lowest BCUT2D eigenvalue weighted by molar-refractivity contribution is -0.145. The smallest absolute Gasteiger partial charge is 0.408 e. The first-order valence-corrected chi connectivity index (χ1v) is 14.5. The van der Waals surface area contributed by atoms with Crippen LogP contribution in [0.3, 0.4) is 0 Å². The van der Waals surface area contributed by atoms with Crippen LogP contribution in [0, 0.1) is 19.8 Å². The van der Waals surface area contributed by atoms with Crippen molar-refractivity contribution >= 4 is 23.8 Å². The molecule has 1 rings (SSSR count). The number of primary amides is 1. The van der Waals surface area contributed by atoms with E-state index in [1.165, 1.54) is 0 Å². The Morgan fingerprint density at radius 3 is 2.08 bits per heavy atom. The fraction of sp³-hybridized carbons (Fsp3) is 0.677. The average Bonchev–Trinajstić information content (AvgIpc) is 2.81. The third-order valence-electron chi connectivity index (χ3n) is 6.48. The van der Waals surface area contributed by atoms with Gasteiger partial charge in [-0.2, -0.15) is 0 Å². The highest BCUT2D eigenvalue weighted by atomic mass is 16.6. The Bertz CT molecular complexity index is 982. The normalized spacial score (nSPS) is 13.8. The first-order valence-electron chi connectivity index (χ1n) is 14.5. The molecule has 0 bridgehead atoms. The van der Waals surface area contributed by atoms with Gasteiger partial charge in [0.1, 0.15) is 17.7 Å². The number of hydrogen-bond donors (Lipinski definition) is 3. The molecule has 3 unspecified atom stereocenters. The number of benzene rings is 1. The molecule has 226 valence electrons. The van der Waals surface area contributed by atoms with Crippen molar-refractivity contribution in [1.82, 2.24) is 15.5 Å². The summed E-state index contributed by atoms with van der Waals surface area (Å²) in [4.78, 5) is 54.3. The maximum atomic E-state index is 14.4. The third-order valence-corrected chi connectivity index (χ3v) is 6.48. The second-order valence-electron chi connectivity index (χ2n) is 12.2. The van der Waals surface area contributed by atoms with Gasteiger partial charge >= 0.3 is 6.09 Å². The Hall–Kier alpha value is -3.10. The van der Waals surface area contributed by atoms with Crippen molar-refractivity contribution < 1.29 is 23.9 Å². The van der Waals surface area contributed by atoms with Gasteiger partial charge in [0.2, 0.25) is 17.7 Å². The summed E-state index contributed by atoms with van der Waals surface area (Å²) in [7, 11) is 0. The van der Waals surface area contributed by atoms with Gasteiger partial charge in [-0.05, 0) is 78.7 Å². The zero-order valence-electron chi connectivity index (χ0n) is 26.1. The lowest BCUT2D eigenvalue weighted by atomic mass is 9.94. The van der Waals surface area contributed by atoms with E-state index in [0.29, 0.717) is 24.4 Å². The molecule has 0 aromatic heterocycles. The molecule has 0 heterocycles. The van der Waals surface area contributed by atoms with Gasteiger partial charge in [-0.3, -0.25) is 14.4 Å². The lowest BCUT2D eigenvalue weighted by Crippen LogP contribution is -2.55. The molecule has 4 amide bonds. The number of aryl methyl sites for hydroxylation is 2. The number of nitrogens with one attached hydrogen (secondary N) is 2. The molecule has 0 fully saturated rings. The zero-order valence-corrected chi connectivity index (χ0v) is 26.1. The van der Waals surface area contributed by atoms with Gasteiger partial charge in [-0.15, -0.1) is 0 Å². The Kier molecular flexibility index (Phi) is 14.2. The predicted molar refractivity (Wildman–Crippen MR) is 159 cm³/mol. The molecule has 1 aromatic rings. The summed E-state index contributed by atoms with van der Waals surface area (Å²) in [5, 5.41) is 5.68. The van der Waals surface area contributed by atoms with Crippen LogP contribution in [0.5, 0.6) is 0 Å². The summed E-state index contributed by atoms with van der Waals surface area (Å²) in [6, 6.07) is 3.48. The molecule has 0 saturated heterocycles. The molecule has 0 aliphatic carbocycles. The van der Waals surface area contributed by atoms with Crippen molar-refractivity contribution in [2.75, 3.05) is 6.54 Å². The minimum atomic E-state index is -1.11. The van der Waals surface area contributed by atoms with Crippen LogP contribution in [-0.4, -0.2) is 52.9 Å². The Morgan fingerprint density at radius 2 is 1.57 bits per heavy atom. The van der Waals surface area contributed by atoms with Gasteiger partial charge < -0.3 is 26.0 Å². The van der Waals surface area contributed by atoms with Gasteiger partial charge in [0.05, 0.1) is 0 Å². The van der Waals surface area contributed by atoms with Gasteiger partial charge in [-0.25, -0.2) is 4.79 Å². The largest absolute Gasteiger partial charge is 0.444 e. The van der Waals surface area contributed by atoms with E-state index in [1.807, 2.05) is 45.9 Å². The van der Waals surface area contributed by atoms with Gasteiger partial charge in [0.25, 0.3) is 0 Å². The van der Waals surface area contributed by atoms with E-state index in [9.17, 15) is 19.2 Å². The minimum Gasteiger partial charge on any atom is -0.444 e. The number of alkyl carbamates (subject to hydrolysis) is 1. The van der Waals surface area contributed by atoms with E-state index in [2.05, 4.69) is 24.5 Å². The van der Waals surface area contributed by atoms with E-state index in [0.717, 1.165) is 30.4 Å². The number of nitrogens with zero attached hydrogens (tertiary/aromatic N) is 1. The van der Waals surface area contributed by atoms with Crippen molar-refractivity contribution in [2.45, 2.75) is 125 Å². The maximum absolute atomic E-state index is 14.4. The first kappa shape index (κ1) is 34.9. The molecule has 0 spiro atoms. The minimum absolute atomic E-state index is 0.0160. The monoisotopic (exact) mass is 560 g/mol. The summed E-state index contributed by atoms with van der Waals surface area (Å²) < 4.78 is 5.42. The van der Waals surface area contributed by atoms with Gasteiger partial charge in [0.15, 0.2) is 0 Å². The summed E-state index contributed by atoms with van der Waals surface area (Å²) in [5.74, 6) is -0.943. The lowest BCUT2D eigenvalue weighted by Gasteiger charge is -2.39. The first-order chi connectivity index (χ1) is 18.5. The Balaban J connectivity index is 3.67. The van der Waals surface area contributed by atoms with Gasteiger partial charge in [0, 0.05) is 19.0 Å². The van der Waals surface area contributed by atoms with Crippen LogP contribution in [0.2, 0.25) is 0 Å². The van der Waals surface area contributed by atoms with Crippen LogP contribution in [0.1, 0.15) is 110 Å². The van der Waals surface area contributed by atoms with Gasteiger partial charge in [-0.1, -0.05) is 56.5 Å². The molecule has 9 nitrogen and oxygen atoms in total. The number of carbonyl (C=O) groups excluding carboxylic acids is 4. The fourth-order valence-corrected chi connectivity index (χ4v) is 4.58. The van der Waals surface area contributed by atoms with Crippen LogP contribution in [-0.2, 0) is 19.1 Å². The predicted octanol–water partition coefficient (Wildman–Crippen LogP) is 5.07. The van der Waals surface area contributed by atoms with Crippen LogP contribution < -0.4 is 16.4 Å². The van der Waals surface area contributed by atoms with E-state index in [-0.39, 0.29) is 24.8 Å². The second kappa shape index (κ2) is 16.2. The van der Waals surface area contributed by atoms with Crippen LogP contribution in [0.4, 0.5) is 4.79 Å². The fourth-order valence-electron chi connectivity index (χ4n) is 4.58. The van der Waals surface area contributed by atoms with Crippen molar-refractivity contribution in [1.29, 1.82) is 0 Å². The van der Waals surface area contributed by atoms with Crippen LogP contribution in [0.15, 0.2) is 18.2 Å². The second-order valence-corrected chi connectivity index (χ2v) is 12.2. The zero-order chi connectivity index (χ0) is 30.6. The molecule has 9 heteroatoms. The third kappa shape index (κ3) is 12.4. The van der Waals surface area contributed by atoms with Crippen LogP contribution >= 0.6 is 0 Å². The topological polar surface area (TPSA) is 131 Å². The van der Waals surface area contributed by atoms with E-state index >= 15 is 0 Å². The molecule has 1 aromatic carbocycles. The Labute approximate surface area is 241 Å². The van der Waals surface area contributed by atoms with E-state index in [4.69, 9.17) is 10.5 Å². The Morgan fingerprint density at radius 1 is 0.975 bits per heavy atom. The molecular weight excluding hydrogens is 508 g/mol. The summed E-state index contributed by atoms with van der Waals surface area (Å²) in [6.45, 7) is 17.8. The number of rotatable bonds is 15. The van der Waals surface area contributed by atoms with Crippen molar-refractivity contribution in [2.24, 2.45) is 11.7 Å². The molecule has 0 radical (unpaired) electrons. The molecule has 3 atom stereocenters. The highest BCUT2D eigenvalue weighted by Crippen LogP contribution is 2.29. The summed E-state index contributed by atoms with van der Waals surface area (Å²) in [6.07, 6.45) is 2.31. The molecule has 0 aliphatic heterocycles. The number of hydrogen-bond acceptors (Lipinski definition) is 5. The maximum Gasteiger partial charge on any atom is 0.408 e. The van der Waals surface area contributed by atoms with Crippen LogP contribution in [0.25, 0.3) is 0 Å². The van der Waals surface area contributed by atoms with E-state index in [1.54, 1.807) is 25.7 Å². The number of carbonyl (C=O) groups is 4.